The molecule has 1 aromatic heterocycles. The Morgan fingerprint density at radius 3 is 2.45 bits per heavy atom. The van der Waals surface area contributed by atoms with E-state index in [1.54, 1.807) is 0 Å². The highest BCUT2D eigenvalue weighted by Gasteiger charge is 2.19. The molecule has 1 heterocycles. The molecule has 0 fully saturated rings. The number of carboxylic acids is 1. The van der Waals surface area contributed by atoms with Gasteiger partial charge in [0, 0.05) is 18.8 Å². The van der Waals surface area contributed by atoms with Crippen molar-refractivity contribution in [2.45, 2.75) is 13.8 Å². The highest BCUT2D eigenvalue weighted by molar-refractivity contribution is 6.08. The lowest BCUT2D eigenvalue weighted by atomic mass is 10.1. The first-order valence-electron chi connectivity index (χ1n) is 9.11. The van der Waals surface area contributed by atoms with Crippen molar-refractivity contribution in [3.05, 3.63) is 29.3 Å². The molecule has 3 rings (SSSR count). The van der Waals surface area contributed by atoms with Gasteiger partial charge < -0.3 is 25.7 Å². The van der Waals surface area contributed by atoms with E-state index in [2.05, 4.69) is 34.1 Å². The average Bonchev–Trinajstić information content (AvgIpc) is 2.65. The van der Waals surface area contributed by atoms with Crippen LogP contribution in [0.2, 0.25) is 0 Å². The molecule has 0 saturated heterocycles. The average molecular weight is 398 g/mol. The maximum Gasteiger partial charge on any atom is 0.337 e. The van der Waals surface area contributed by atoms with Crippen molar-refractivity contribution in [3.63, 3.8) is 0 Å². The van der Waals surface area contributed by atoms with Gasteiger partial charge in [0.05, 0.1) is 17.7 Å². The maximum atomic E-state index is 11.5. The van der Waals surface area contributed by atoms with Crippen LogP contribution in [0.25, 0.3) is 22.1 Å². The third kappa shape index (κ3) is 4.19. The van der Waals surface area contributed by atoms with E-state index in [9.17, 15) is 25.2 Å². The fourth-order valence-corrected chi connectivity index (χ4v) is 2.88. The Kier molecular flexibility index (Phi) is 5.79. The zero-order chi connectivity index (χ0) is 21.1. The lowest BCUT2D eigenvalue weighted by molar-refractivity contribution is 0.0699. The molecule has 9 heteroatoms. The molecule has 0 aliphatic rings. The second-order valence-corrected chi connectivity index (χ2v) is 7.02. The van der Waals surface area contributed by atoms with Gasteiger partial charge in [-0.15, -0.1) is 0 Å². The topological polar surface area (TPSA) is 148 Å². The van der Waals surface area contributed by atoms with Crippen LogP contribution in [0.1, 0.15) is 29.8 Å². The minimum atomic E-state index is -1.24. The van der Waals surface area contributed by atoms with Crippen molar-refractivity contribution in [2.24, 2.45) is 10.9 Å². The number of phenolic OH excluding ortho intramolecular Hbond substituents is 3. The van der Waals surface area contributed by atoms with E-state index in [0.717, 1.165) is 12.6 Å². The van der Waals surface area contributed by atoms with E-state index >= 15 is 0 Å². The molecule has 0 aliphatic carbocycles. The summed E-state index contributed by atoms with van der Waals surface area (Å²) in [4.78, 5) is 24.2. The van der Waals surface area contributed by atoms with Crippen LogP contribution in [-0.2, 0) is 0 Å². The van der Waals surface area contributed by atoms with Gasteiger partial charge >= 0.3 is 5.97 Å². The van der Waals surface area contributed by atoms with Crippen LogP contribution < -0.4 is 5.32 Å². The van der Waals surface area contributed by atoms with Gasteiger partial charge in [-0.25, -0.2) is 14.8 Å². The van der Waals surface area contributed by atoms with Crippen LogP contribution >= 0.6 is 0 Å². The number of aromatic carboxylic acids is 1. The van der Waals surface area contributed by atoms with Gasteiger partial charge in [0.25, 0.3) is 0 Å². The molecule has 5 N–H and O–H groups in total. The quantitative estimate of drug-likeness (QED) is 0.231. The predicted octanol–water partition coefficient (Wildman–Crippen LogP) is 2.26. The predicted molar refractivity (Wildman–Crippen MR) is 109 cm³/mol. The molecule has 0 atom stereocenters. The number of aliphatic imine (C=N–C) groups is 1. The van der Waals surface area contributed by atoms with Gasteiger partial charge in [0.15, 0.2) is 0 Å². The molecule has 152 valence electrons. The fraction of sp³-hybridized carbons (Fsp3) is 0.300. The molecule has 0 aliphatic heterocycles. The standard InChI is InChI=1S/C20H22N4O5/c1-10(2)8-21-5-6-22-9-12-14(26)7-15(27)19-17(12)24-18-13(25)4-3-11(20(28)29)16(18)23-19/h3-4,7,9-10,21,25-27H,5-6,8H2,1-2H3,(H,28,29)/b22-9+. The number of benzene rings is 2. The van der Waals surface area contributed by atoms with Gasteiger partial charge in [-0.3, -0.25) is 4.99 Å². The molecular weight excluding hydrogens is 376 g/mol. The molecule has 0 spiro atoms. The van der Waals surface area contributed by atoms with Crippen molar-refractivity contribution >= 4 is 34.3 Å². The minimum Gasteiger partial charge on any atom is -0.507 e. The Bertz CT molecular complexity index is 1110. The Hall–Kier alpha value is -3.46. The van der Waals surface area contributed by atoms with E-state index in [0.29, 0.717) is 19.0 Å². The van der Waals surface area contributed by atoms with Gasteiger partial charge in [-0.2, -0.15) is 0 Å². The van der Waals surface area contributed by atoms with E-state index in [1.165, 1.54) is 18.3 Å². The van der Waals surface area contributed by atoms with Crippen molar-refractivity contribution in [2.75, 3.05) is 19.6 Å². The molecule has 0 amide bonds. The van der Waals surface area contributed by atoms with Crippen molar-refractivity contribution in [1.82, 2.24) is 15.3 Å². The number of hydrogen-bond donors (Lipinski definition) is 5. The second-order valence-electron chi connectivity index (χ2n) is 7.02. The number of carboxylic acid groups (broad SMARTS) is 1. The summed E-state index contributed by atoms with van der Waals surface area (Å²) < 4.78 is 0. The smallest absolute Gasteiger partial charge is 0.337 e. The van der Waals surface area contributed by atoms with E-state index < -0.39 is 5.97 Å². The zero-order valence-corrected chi connectivity index (χ0v) is 16.0. The Labute approximate surface area is 166 Å². The summed E-state index contributed by atoms with van der Waals surface area (Å²) in [7, 11) is 0. The molecule has 0 saturated carbocycles. The number of hydrogen-bond acceptors (Lipinski definition) is 8. The molecule has 0 radical (unpaired) electrons. The number of carbonyl (C=O) groups is 1. The summed E-state index contributed by atoms with van der Waals surface area (Å²) in [6, 6.07) is 3.53. The Morgan fingerprint density at radius 2 is 1.76 bits per heavy atom. The number of rotatable bonds is 7. The number of phenols is 3. The van der Waals surface area contributed by atoms with Crippen molar-refractivity contribution in [1.29, 1.82) is 0 Å². The third-order valence-corrected chi connectivity index (χ3v) is 4.27. The lowest BCUT2D eigenvalue weighted by Gasteiger charge is -2.10. The second kappa shape index (κ2) is 8.27. The number of aromatic nitrogens is 2. The van der Waals surface area contributed by atoms with Crippen molar-refractivity contribution in [3.8, 4) is 17.2 Å². The molecule has 2 aromatic carbocycles. The summed E-state index contributed by atoms with van der Waals surface area (Å²) in [6.07, 6.45) is 1.42. The van der Waals surface area contributed by atoms with Crippen LogP contribution in [0.3, 0.4) is 0 Å². The minimum absolute atomic E-state index is 0.00258. The Morgan fingerprint density at radius 1 is 1.07 bits per heavy atom. The first kappa shape index (κ1) is 20.3. The SMILES string of the molecule is CC(C)CNCC/N=C/c1c(O)cc(O)c2nc3c(C(=O)O)ccc(O)c3nc12. The summed E-state index contributed by atoms with van der Waals surface area (Å²) in [5.74, 6) is -1.59. The van der Waals surface area contributed by atoms with Crippen LogP contribution in [0, 0.1) is 5.92 Å². The highest BCUT2D eigenvalue weighted by atomic mass is 16.4. The third-order valence-electron chi connectivity index (χ3n) is 4.27. The summed E-state index contributed by atoms with van der Waals surface area (Å²) in [5.41, 5.74) is 0.0548. The van der Waals surface area contributed by atoms with Crippen LogP contribution in [0.4, 0.5) is 0 Å². The van der Waals surface area contributed by atoms with Crippen LogP contribution in [-0.4, -0.2) is 62.2 Å². The van der Waals surface area contributed by atoms with E-state index in [4.69, 9.17) is 0 Å². The lowest BCUT2D eigenvalue weighted by Crippen LogP contribution is -2.22. The number of nitrogens with one attached hydrogen (secondary N) is 1. The number of fused-ring (bicyclic) bond motifs is 2. The molecule has 9 nitrogen and oxygen atoms in total. The number of aromatic hydroxyl groups is 3. The molecule has 0 bridgehead atoms. The highest BCUT2D eigenvalue weighted by Crippen LogP contribution is 2.35. The molecular formula is C20H22N4O5. The van der Waals surface area contributed by atoms with Gasteiger partial charge in [-0.1, -0.05) is 13.8 Å². The summed E-state index contributed by atoms with van der Waals surface area (Å²) in [5, 5.41) is 43.2. The van der Waals surface area contributed by atoms with Crippen molar-refractivity contribution < 1.29 is 25.2 Å². The van der Waals surface area contributed by atoms with Crippen LogP contribution in [0.15, 0.2) is 23.2 Å². The maximum absolute atomic E-state index is 11.5. The van der Waals surface area contributed by atoms with Gasteiger partial charge in [-0.05, 0) is 24.6 Å². The van der Waals surface area contributed by atoms with Crippen LogP contribution in [0.5, 0.6) is 17.2 Å². The largest absolute Gasteiger partial charge is 0.507 e. The number of nitrogens with zero attached hydrogens (tertiary/aromatic N) is 3. The summed E-state index contributed by atoms with van der Waals surface area (Å²) >= 11 is 0. The fourth-order valence-electron chi connectivity index (χ4n) is 2.88. The van der Waals surface area contributed by atoms with Gasteiger partial charge in [0.1, 0.15) is 39.3 Å². The monoisotopic (exact) mass is 398 g/mol. The zero-order valence-electron chi connectivity index (χ0n) is 16.0. The van der Waals surface area contributed by atoms with Gasteiger partial charge in [0.2, 0.25) is 0 Å². The molecule has 3 aromatic rings. The molecule has 0 unspecified atom stereocenters. The molecule has 29 heavy (non-hydrogen) atoms. The van der Waals surface area contributed by atoms with E-state index in [-0.39, 0.29) is 50.4 Å². The normalized spacial score (nSPS) is 11.8. The Balaban J connectivity index is 2.08. The first-order chi connectivity index (χ1) is 13.8. The first-order valence-corrected chi connectivity index (χ1v) is 9.11. The van der Waals surface area contributed by atoms with E-state index in [1.807, 2.05) is 0 Å². The summed E-state index contributed by atoms with van der Waals surface area (Å²) in [6.45, 7) is 6.19.